The quantitative estimate of drug-likeness (QED) is 0.789. The first-order valence-electron chi connectivity index (χ1n) is 5.75. The van der Waals surface area contributed by atoms with E-state index in [4.69, 9.17) is 0 Å². The number of phenols is 1. The Hall–Kier alpha value is -2.07. The molecule has 2 N–H and O–H groups in total. The first kappa shape index (κ1) is 12.0. The van der Waals surface area contributed by atoms with E-state index >= 15 is 0 Å². The lowest BCUT2D eigenvalue weighted by atomic mass is 10.0. The monoisotopic (exact) mass is 315 g/mol. The Labute approximate surface area is 118 Å². The Balaban J connectivity index is 2.08. The number of nitrogens with one attached hydrogen (secondary N) is 1. The van der Waals surface area contributed by atoms with Gasteiger partial charge in [-0.05, 0) is 42.0 Å². The number of amides is 1. The van der Waals surface area contributed by atoms with Crippen molar-refractivity contribution in [3.05, 3.63) is 58.1 Å². The topological polar surface area (TPSA) is 49.3 Å². The standard InChI is InChI=1S/C15H10BrNO2/c16-10-3-6-14-12(8-10)13(15(19)17-14)7-9-1-4-11(18)5-2-9/h1-8,18H,(H,17,19). The van der Waals surface area contributed by atoms with Gasteiger partial charge in [0.2, 0.25) is 0 Å². The molecule has 94 valence electrons. The van der Waals surface area contributed by atoms with Crippen molar-refractivity contribution < 1.29 is 9.90 Å². The fourth-order valence-electron chi connectivity index (χ4n) is 2.04. The van der Waals surface area contributed by atoms with Gasteiger partial charge in [0.05, 0.1) is 0 Å². The normalized spacial score (nSPS) is 15.4. The van der Waals surface area contributed by atoms with Gasteiger partial charge in [0.1, 0.15) is 5.75 Å². The third kappa shape index (κ3) is 2.27. The van der Waals surface area contributed by atoms with Gasteiger partial charge in [-0.2, -0.15) is 0 Å². The van der Waals surface area contributed by atoms with Gasteiger partial charge < -0.3 is 10.4 Å². The first-order chi connectivity index (χ1) is 9.13. The molecule has 0 spiro atoms. The predicted octanol–water partition coefficient (Wildman–Crippen LogP) is 3.65. The molecule has 0 radical (unpaired) electrons. The van der Waals surface area contributed by atoms with E-state index in [2.05, 4.69) is 21.2 Å². The molecule has 19 heavy (non-hydrogen) atoms. The van der Waals surface area contributed by atoms with Gasteiger partial charge >= 0.3 is 0 Å². The zero-order valence-corrected chi connectivity index (χ0v) is 11.4. The average molecular weight is 316 g/mol. The lowest BCUT2D eigenvalue weighted by Crippen LogP contribution is -2.03. The number of hydrogen-bond acceptors (Lipinski definition) is 2. The first-order valence-corrected chi connectivity index (χ1v) is 6.55. The maximum absolute atomic E-state index is 12.0. The smallest absolute Gasteiger partial charge is 0.256 e. The molecule has 0 aromatic heterocycles. The van der Waals surface area contributed by atoms with Crippen LogP contribution < -0.4 is 5.32 Å². The maximum Gasteiger partial charge on any atom is 0.256 e. The Morgan fingerprint density at radius 3 is 2.58 bits per heavy atom. The van der Waals surface area contributed by atoms with Crippen LogP contribution in [0.25, 0.3) is 11.6 Å². The van der Waals surface area contributed by atoms with Crippen LogP contribution in [0.3, 0.4) is 0 Å². The summed E-state index contributed by atoms with van der Waals surface area (Å²) in [5.74, 6) is 0.0994. The fourth-order valence-corrected chi connectivity index (χ4v) is 2.40. The molecule has 0 aliphatic carbocycles. The van der Waals surface area contributed by atoms with E-state index in [1.165, 1.54) is 0 Å². The number of carbonyl (C=O) groups is 1. The van der Waals surface area contributed by atoms with E-state index in [1.807, 2.05) is 24.3 Å². The van der Waals surface area contributed by atoms with Crippen molar-refractivity contribution >= 4 is 39.2 Å². The number of aromatic hydroxyl groups is 1. The van der Waals surface area contributed by atoms with Crippen molar-refractivity contribution in [2.24, 2.45) is 0 Å². The fraction of sp³-hybridized carbons (Fsp3) is 0. The van der Waals surface area contributed by atoms with E-state index in [0.29, 0.717) is 5.57 Å². The minimum Gasteiger partial charge on any atom is -0.508 e. The van der Waals surface area contributed by atoms with Gasteiger partial charge in [0, 0.05) is 21.3 Å². The number of halogens is 1. The molecule has 1 aliphatic rings. The zero-order valence-electron chi connectivity index (χ0n) is 9.85. The van der Waals surface area contributed by atoms with Crippen molar-refractivity contribution in [3.8, 4) is 5.75 Å². The molecule has 1 aliphatic heterocycles. The summed E-state index contributed by atoms with van der Waals surface area (Å²) in [5, 5.41) is 12.1. The largest absolute Gasteiger partial charge is 0.508 e. The molecule has 0 unspecified atom stereocenters. The number of anilines is 1. The summed E-state index contributed by atoms with van der Waals surface area (Å²) in [6.45, 7) is 0. The van der Waals surface area contributed by atoms with Gasteiger partial charge in [-0.15, -0.1) is 0 Å². The second-order valence-electron chi connectivity index (χ2n) is 4.29. The van der Waals surface area contributed by atoms with Crippen LogP contribution in [0.4, 0.5) is 5.69 Å². The molecule has 3 rings (SSSR count). The van der Waals surface area contributed by atoms with Crippen LogP contribution >= 0.6 is 15.9 Å². The van der Waals surface area contributed by atoms with E-state index in [0.717, 1.165) is 21.3 Å². The maximum atomic E-state index is 12.0. The molecule has 0 bridgehead atoms. The Morgan fingerprint density at radius 1 is 1.11 bits per heavy atom. The third-order valence-electron chi connectivity index (χ3n) is 2.97. The molecular weight excluding hydrogens is 306 g/mol. The van der Waals surface area contributed by atoms with Crippen molar-refractivity contribution in [2.75, 3.05) is 5.32 Å². The minimum absolute atomic E-state index is 0.110. The summed E-state index contributed by atoms with van der Waals surface area (Å²) in [6, 6.07) is 12.4. The highest BCUT2D eigenvalue weighted by molar-refractivity contribution is 9.10. The van der Waals surface area contributed by atoms with Crippen LogP contribution in [0.2, 0.25) is 0 Å². The highest BCUT2D eigenvalue weighted by Gasteiger charge is 2.23. The second-order valence-corrected chi connectivity index (χ2v) is 5.21. The number of hydrogen-bond donors (Lipinski definition) is 2. The van der Waals surface area contributed by atoms with Crippen LogP contribution in [0.1, 0.15) is 11.1 Å². The molecule has 0 fully saturated rings. The summed E-state index contributed by atoms with van der Waals surface area (Å²) in [5.41, 5.74) is 3.20. The van der Waals surface area contributed by atoms with Gasteiger partial charge in [0.25, 0.3) is 5.91 Å². The van der Waals surface area contributed by atoms with E-state index in [-0.39, 0.29) is 11.7 Å². The number of carbonyl (C=O) groups excluding carboxylic acids is 1. The van der Waals surface area contributed by atoms with E-state index in [1.54, 1.807) is 24.3 Å². The summed E-state index contributed by atoms with van der Waals surface area (Å²) < 4.78 is 0.930. The molecule has 2 aromatic rings. The van der Waals surface area contributed by atoms with Crippen LogP contribution in [0, 0.1) is 0 Å². The van der Waals surface area contributed by atoms with Gasteiger partial charge in [-0.25, -0.2) is 0 Å². The Bertz CT molecular complexity index is 690. The van der Waals surface area contributed by atoms with Crippen LogP contribution in [-0.2, 0) is 4.79 Å². The summed E-state index contributed by atoms with van der Waals surface area (Å²) in [6.07, 6.45) is 1.81. The summed E-state index contributed by atoms with van der Waals surface area (Å²) in [4.78, 5) is 12.0. The van der Waals surface area contributed by atoms with Gasteiger partial charge in [-0.1, -0.05) is 28.1 Å². The van der Waals surface area contributed by atoms with Crippen LogP contribution in [0.15, 0.2) is 46.9 Å². The van der Waals surface area contributed by atoms with Crippen LogP contribution in [-0.4, -0.2) is 11.0 Å². The third-order valence-corrected chi connectivity index (χ3v) is 3.46. The molecule has 0 saturated heterocycles. The molecule has 3 nitrogen and oxygen atoms in total. The van der Waals surface area contributed by atoms with Gasteiger partial charge in [-0.3, -0.25) is 4.79 Å². The van der Waals surface area contributed by atoms with Crippen molar-refractivity contribution in [1.82, 2.24) is 0 Å². The summed E-state index contributed by atoms with van der Waals surface area (Å²) >= 11 is 3.41. The van der Waals surface area contributed by atoms with Crippen molar-refractivity contribution in [3.63, 3.8) is 0 Å². The van der Waals surface area contributed by atoms with E-state index in [9.17, 15) is 9.90 Å². The van der Waals surface area contributed by atoms with Gasteiger partial charge in [0.15, 0.2) is 0 Å². The van der Waals surface area contributed by atoms with Crippen LogP contribution in [0.5, 0.6) is 5.75 Å². The zero-order chi connectivity index (χ0) is 13.4. The average Bonchev–Trinajstić information content (AvgIpc) is 2.69. The molecular formula is C15H10BrNO2. The Morgan fingerprint density at radius 2 is 1.84 bits per heavy atom. The molecule has 0 saturated carbocycles. The molecule has 0 atom stereocenters. The second kappa shape index (κ2) is 4.55. The van der Waals surface area contributed by atoms with E-state index < -0.39 is 0 Å². The molecule has 2 aromatic carbocycles. The summed E-state index contributed by atoms with van der Waals surface area (Å²) in [7, 11) is 0. The number of rotatable bonds is 1. The highest BCUT2D eigenvalue weighted by Crippen LogP contribution is 2.35. The molecule has 1 heterocycles. The minimum atomic E-state index is -0.110. The lowest BCUT2D eigenvalue weighted by molar-refractivity contribution is -0.110. The predicted molar refractivity (Wildman–Crippen MR) is 78.7 cm³/mol. The van der Waals surface area contributed by atoms with Crippen molar-refractivity contribution in [1.29, 1.82) is 0 Å². The highest BCUT2D eigenvalue weighted by atomic mass is 79.9. The van der Waals surface area contributed by atoms with Crippen molar-refractivity contribution in [2.45, 2.75) is 0 Å². The number of phenolic OH excluding ortho intramolecular Hbond substituents is 1. The Kier molecular flexibility index (Phi) is 2.87. The number of benzene rings is 2. The SMILES string of the molecule is O=C1Nc2ccc(Br)cc2C1=Cc1ccc(O)cc1. The molecule has 4 heteroatoms. The lowest BCUT2D eigenvalue weighted by Gasteiger charge is -2.00. The molecule has 1 amide bonds. The number of fused-ring (bicyclic) bond motifs is 1.